The zero-order valence-corrected chi connectivity index (χ0v) is 15.8. The summed E-state index contributed by atoms with van der Waals surface area (Å²) < 4.78 is 13.4. The van der Waals surface area contributed by atoms with Gasteiger partial charge in [0.05, 0.1) is 0 Å². The molecule has 0 amide bonds. The van der Waals surface area contributed by atoms with E-state index in [1.807, 2.05) is 6.20 Å². The molecule has 0 unspecified atom stereocenters. The molecule has 0 atom stereocenters. The fraction of sp³-hybridized carbons (Fsp3) is 0.250. The molecule has 0 bridgehead atoms. The first-order chi connectivity index (χ1) is 12.7. The Kier molecular flexibility index (Phi) is 6.17. The van der Waals surface area contributed by atoms with Crippen LogP contribution < -0.4 is 10.6 Å². The zero-order chi connectivity index (χ0) is 18.4. The Labute approximate surface area is 157 Å². The van der Waals surface area contributed by atoms with Crippen molar-refractivity contribution in [2.45, 2.75) is 17.9 Å². The topological polar surface area (TPSA) is 52.2 Å². The second kappa shape index (κ2) is 8.76. The van der Waals surface area contributed by atoms with Gasteiger partial charge in [-0.15, -0.1) is 11.8 Å². The molecule has 136 valence electrons. The molecule has 0 aliphatic carbocycles. The van der Waals surface area contributed by atoms with Crippen LogP contribution >= 0.6 is 11.8 Å². The van der Waals surface area contributed by atoms with Gasteiger partial charge in [-0.2, -0.15) is 0 Å². The fourth-order valence-electron chi connectivity index (χ4n) is 2.82. The molecule has 3 N–H and O–H groups in total. The first kappa shape index (κ1) is 18.3. The van der Waals surface area contributed by atoms with Crippen molar-refractivity contribution < 1.29 is 4.39 Å². The number of halogens is 1. The van der Waals surface area contributed by atoms with Crippen LogP contribution in [0, 0.1) is 5.82 Å². The predicted molar refractivity (Wildman–Crippen MR) is 108 cm³/mol. The normalized spacial score (nSPS) is 11.7. The molecule has 0 fully saturated rings. The molecule has 2 aromatic carbocycles. The number of aromatic amines is 1. The van der Waals surface area contributed by atoms with E-state index in [1.165, 1.54) is 16.5 Å². The molecule has 4 nitrogen and oxygen atoms in total. The maximum absolute atomic E-state index is 13.4. The van der Waals surface area contributed by atoms with Crippen molar-refractivity contribution >= 4 is 28.6 Å². The summed E-state index contributed by atoms with van der Waals surface area (Å²) in [5.41, 5.74) is 3.26. The largest absolute Gasteiger partial charge is 0.361 e. The van der Waals surface area contributed by atoms with E-state index in [4.69, 9.17) is 0 Å². The predicted octanol–water partition coefficient (Wildman–Crippen LogP) is 3.94. The SMILES string of the molecule is CN=C(NCCc1c[nH]c2ccc(F)cc12)NCc1ccc(SC)cc1. The summed E-state index contributed by atoms with van der Waals surface area (Å²) in [5.74, 6) is 0.543. The van der Waals surface area contributed by atoms with Crippen LogP contribution in [0.4, 0.5) is 4.39 Å². The highest BCUT2D eigenvalue weighted by atomic mass is 32.2. The van der Waals surface area contributed by atoms with Gasteiger partial charge in [0, 0.05) is 42.1 Å². The third-order valence-electron chi connectivity index (χ3n) is 4.26. The Morgan fingerprint density at radius 3 is 2.69 bits per heavy atom. The van der Waals surface area contributed by atoms with E-state index in [1.54, 1.807) is 30.9 Å². The standard InChI is InChI=1S/C20H23FN4S/c1-22-20(25-12-14-3-6-17(26-2)7-4-14)23-10-9-15-13-24-19-8-5-16(21)11-18(15)19/h3-8,11,13,24H,9-10,12H2,1-2H3,(H2,22,23,25). The average Bonchev–Trinajstić information content (AvgIpc) is 3.07. The fourth-order valence-corrected chi connectivity index (χ4v) is 3.23. The molecule has 0 aliphatic rings. The van der Waals surface area contributed by atoms with Crippen molar-refractivity contribution in [2.24, 2.45) is 4.99 Å². The van der Waals surface area contributed by atoms with Crippen molar-refractivity contribution in [2.75, 3.05) is 19.8 Å². The number of nitrogens with zero attached hydrogens (tertiary/aromatic N) is 1. The molecule has 0 radical (unpaired) electrons. The van der Waals surface area contributed by atoms with Crippen LogP contribution in [-0.4, -0.2) is 30.8 Å². The number of benzene rings is 2. The number of rotatable bonds is 6. The lowest BCUT2D eigenvalue weighted by molar-refractivity contribution is 0.629. The van der Waals surface area contributed by atoms with Gasteiger partial charge < -0.3 is 15.6 Å². The minimum absolute atomic E-state index is 0.212. The Morgan fingerprint density at radius 1 is 1.15 bits per heavy atom. The number of aliphatic imine (C=N–C) groups is 1. The molecule has 0 aliphatic heterocycles. The maximum atomic E-state index is 13.4. The van der Waals surface area contributed by atoms with Gasteiger partial charge in [-0.25, -0.2) is 4.39 Å². The number of hydrogen-bond acceptors (Lipinski definition) is 2. The molecule has 3 aromatic rings. The van der Waals surface area contributed by atoms with E-state index in [0.29, 0.717) is 13.1 Å². The van der Waals surface area contributed by atoms with Crippen LogP contribution in [0.15, 0.2) is 58.5 Å². The first-order valence-electron chi connectivity index (χ1n) is 8.52. The minimum Gasteiger partial charge on any atom is -0.361 e. The van der Waals surface area contributed by atoms with Gasteiger partial charge in [0.1, 0.15) is 5.82 Å². The lowest BCUT2D eigenvalue weighted by Gasteiger charge is -2.12. The molecular formula is C20H23FN4S. The summed E-state index contributed by atoms with van der Waals surface area (Å²) in [6.07, 6.45) is 4.79. The zero-order valence-electron chi connectivity index (χ0n) is 15.0. The number of thioether (sulfide) groups is 1. The van der Waals surface area contributed by atoms with Gasteiger partial charge in [-0.05, 0) is 54.1 Å². The number of guanidine groups is 1. The van der Waals surface area contributed by atoms with E-state index in [-0.39, 0.29) is 5.82 Å². The Hall–Kier alpha value is -2.47. The summed E-state index contributed by atoms with van der Waals surface area (Å²) in [6, 6.07) is 13.3. The summed E-state index contributed by atoms with van der Waals surface area (Å²) in [7, 11) is 1.76. The van der Waals surface area contributed by atoms with Gasteiger partial charge in [-0.1, -0.05) is 12.1 Å². The van der Waals surface area contributed by atoms with Crippen LogP contribution in [0.25, 0.3) is 10.9 Å². The molecule has 1 aromatic heterocycles. The van der Waals surface area contributed by atoms with Crippen molar-refractivity contribution in [3.05, 3.63) is 65.6 Å². The highest BCUT2D eigenvalue weighted by Gasteiger charge is 2.05. The lowest BCUT2D eigenvalue weighted by atomic mass is 10.1. The lowest BCUT2D eigenvalue weighted by Crippen LogP contribution is -2.37. The first-order valence-corrected chi connectivity index (χ1v) is 9.75. The Balaban J connectivity index is 1.51. The average molecular weight is 370 g/mol. The molecule has 6 heteroatoms. The molecule has 0 saturated carbocycles. The van der Waals surface area contributed by atoms with Gasteiger partial charge in [0.2, 0.25) is 0 Å². The molecule has 0 saturated heterocycles. The maximum Gasteiger partial charge on any atom is 0.191 e. The quantitative estimate of drug-likeness (QED) is 0.350. The van der Waals surface area contributed by atoms with Gasteiger partial charge >= 0.3 is 0 Å². The van der Waals surface area contributed by atoms with Gasteiger partial charge in [0.25, 0.3) is 0 Å². The molecule has 1 heterocycles. The number of fused-ring (bicyclic) bond motifs is 1. The van der Waals surface area contributed by atoms with E-state index < -0.39 is 0 Å². The van der Waals surface area contributed by atoms with Crippen molar-refractivity contribution in [1.82, 2.24) is 15.6 Å². The molecular weight excluding hydrogens is 347 g/mol. The Bertz CT molecular complexity index is 886. The van der Waals surface area contributed by atoms with Crippen molar-refractivity contribution in [3.63, 3.8) is 0 Å². The highest BCUT2D eigenvalue weighted by molar-refractivity contribution is 7.98. The van der Waals surface area contributed by atoms with Crippen LogP contribution in [0.3, 0.4) is 0 Å². The molecule has 0 spiro atoms. The van der Waals surface area contributed by atoms with Gasteiger partial charge in [0.15, 0.2) is 5.96 Å². The summed E-state index contributed by atoms with van der Waals surface area (Å²) in [6.45, 7) is 1.43. The number of hydrogen-bond donors (Lipinski definition) is 3. The molecule has 26 heavy (non-hydrogen) atoms. The van der Waals surface area contributed by atoms with Gasteiger partial charge in [-0.3, -0.25) is 4.99 Å². The summed E-state index contributed by atoms with van der Waals surface area (Å²) >= 11 is 1.74. The van der Waals surface area contributed by atoms with Crippen molar-refractivity contribution in [1.29, 1.82) is 0 Å². The van der Waals surface area contributed by atoms with E-state index in [2.05, 4.69) is 51.1 Å². The van der Waals surface area contributed by atoms with Crippen LogP contribution in [-0.2, 0) is 13.0 Å². The van der Waals surface area contributed by atoms with E-state index in [0.717, 1.165) is 28.8 Å². The highest BCUT2D eigenvalue weighted by Crippen LogP contribution is 2.19. The van der Waals surface area contributed by atoms with Crippen LogP contribution in [0.1, 0.15) is 11.1 Å². The summed E-state index contributed by atoms with van der Waals surface area (Å²) in [4.78, 5) is 8.69. The monoisotopic (exact) mass is 370 g/mol. The van der Waals surface area contributed by atoms with E-state index in [9.17, 15) is 4.39 Å². The third kappa shape index (κ3) is 4.58. The van der Waals surface area contributed by atoms with Crippen LogP contribution in [0.5, 0.6) is 0 Å². The molecule has 3 rings (SSSR count). The smallest absolute Gasteiger partial charge is 0.191 e. The Morgan fingerprint density at radius 2 is 1.96 bits per heavy atom. The summed E-state index contributed by atoms with van der Waals surface area (Å²) in [5, 5.41) is 7.55. The third-order valence-corrected chi connectivity index (χ3v) is 5.00. The second-order valence-electron chi connectivity index (χ2n) is 5.95. The number of aromatic nitrogens is 1. The number of H-pyrrole nitrogens is 1. The number of nitrogens with one attached hydrogen (secondary N) is 3. The second-order valence-corrected chi connectivity index (χ2v) is 6.83. The minimum atomic E-state index is -0.212. The van der Waals surface area contributed by atoms with Crippen molar-refractivity contribution in [3.8, 4) is 0 Å². The van der Waals surface area contributed by atoms with E-state index >= 15 is 0 Å². The van der Waals surface area contributed by atoms with Crippen LogP contribution in [0.2, 0.25) is 0 Å².